The summed E-state index contributed by atoms with van der Waals surface area (Å²) in [6, 6.07) is 6.56. The maximum absolute atomic E-state index is 11.5. The number of hydrogen-bond acceptors (Lipinski definition) is 4. The van der Waals surface area contributed by atoms with Crippen molar-refractivity contribution in [2.75, 3.05) is 6.54 Å². The zero-order valence-electron chi connectivity index (χ0n) is 9.14. The lowest BCUT2D eigenvalue weighted by molar-refractivity contribution is -0.134. The Morgan fingerprint density at radius 1 is 1.44 bits per heavy atom. The second kappa shape index (κ2) is 4.45. The van der Waals surface area contributed by atoms with E-state index < -0.39 is 12.0 Å². The SMILES string of the molecule is CCCN=C1c2ccccc2OC(=O)C1N. The van der Waals surface area contributed by atoms with E-state index in [1.54, 1.807) is 6.07 Å². The van der Waals surface area contributed by atoms with Gasteiger partial charge in [0.05, 0.1) is 5.71 Å². The summed E-state index contributed by atoms with van der Waals surface area (Å²) in [5, 5.41) is 0. The Morgan fingerprint density at radius 2 is 2.19 bits per heavy atom. The topological polar surface area (TPSA) is 64.7 Å². The number of ether oxygens (including phenoxy) is 1. The summed E-state index contributed by atoms with van der Waals surface area (Å²) < 4.78 is 5.11. The lowest BCUT2D eigenvalue weighted by Gasteiger charge is -2.22. The third-order valence-corrected chi connectivity index (χ3v) is 2.43. The second-order valence-corrected chi connectivity index (χ2v) is 3.66. The van der Waals surface area contributed by atoms with Crippen LogP contribution in [0.1, 0.15) is 18.9 Å². The number of carbonyl (C=O) groups is 1. The fraction of sp³-hybridized carbons (Fsp3) is 0.333. The van der Waals surface area contributed by atoms with Gasteiger partial charge in [-0.3, -0.25) is 4.99 Å². The molecule has 1 unspecified atom stereocenters. The van der Waals surface area contributed by atoms with Gasteiger partial charge >= 0.3 is 5.97 Å². The largest absolute Gasteiger partial charge is 0.424 e. The molecule has 0 saturated carbocycles. The molecule has 2 N–H and O–H groups in total. The quantitative estimate of drug-likeness (QED) is 0.598. The normalized spacial score (nSPS) is 21.8. The molecule has 1 aromatic carbocycles. The molecule has 0 spiro atoms. The summed E-state index contributed by atoms with van der Waals surface area (Å²) in [5.41, 5.74) is 7.23. The van der Waals surface area contributed by atoms with Crippen molar-refractivity contribution < 1.29 is 9.53 Å². The van der Waals surface area contributed by atoms with Crippen LogP contribution in [-0.4, -0.2) is 24.3 Å². The molecule has 4 nitrogen and oxygen atoms in total. The van der Waals surface area contributed by atoms with E-state index in [2.05, 4.69) is 4.99 Å². The first-order chi connectivity index (χ1) is 7.74. The number of nitrogens with zero attached hydrogens (tertiary/aromatic N) is 1. The number of benzene rings is 1. The minimum atomic E-state index is -0.763. The van der Waals surface area contributed by atoms with Gasteiger partial charge in [0.2, 0.25) is 0 Å². The molecule has 16 heavy (non-hydrogen) atoms. The van der Waals surface area contributed by atoms with Gasteiger partial charge in [-0.05, 0) is 18.6 Å². The number of hydrogen-bond donors (Lipinski definition) is 1. The fourth-order valence-corrected chi connectivity index (χ4v) is 1.63. The molecule has 1 aliphatic rings. The molecule has 1 heterocycles. The van der Waals surface area contributed by atoms with Gasteiger partial charge in [0, 0.05) is 12.1 Å². The number of esters is 1. The smallest absolute Gasteiger partial charge is 0.334 e. The van der Waals surface area contributed by atoms with E-state index in [9.17, 15) is 4.79 Å². The van der Waals surface area contributed by atoms with Crippen molar-refractivity contribution in [3.05, 3.63) is 29.8 Å². The molecule has 0 amide bonds. The van der Waals surface area contributed by atoms with E-state index in [1.165, 1.54) is 0 Å². The number of aliphatic imine (C=N–C) groups is 1. The maximum atomic E-state index is 11.5. The van der Waals surface area contributed by atoms with E-state index in [4.69, 9.17) is 10.5 Å². The van der Waals surface area contributed by atoms with Gasteiger partial charge in [-0.25, -0.2) is 4.79 Å². The first-order valence-corrected chi connectivity index (χ1v) is 5.35. The summed E-state index contributed by atoms with van der Waals surface area (Å²) in [4.78, 5) is 15.9. The summed E-state index contributed by atoms with van der Waals surface area (Å²) in [7, 11) is 0. The van der Waals surface area contributed by atoms with Crippen LogP contribution in [0.15, 0.2) is 29.3 Å². The number of para-hydroxylation sites is 1. The summed E-state index contributed by atoms with van der Waals surface area (Å²) >= 11 is 0. The van der Waals surface area contributed by atoms with Gasteiger partial charge < -0.3 is 10.5 Å². The first kappa shape index (κ1) is 10.8. The predicted molar refractivity (Wildman–Crippen MR) is 61.7 cm³/mol. The molecule has 84 valence electrons. The lowest BCUT2D eigenvalue weighted by atomic mass is 10.00. The molecule has 1 atom stereocenters. The van der Waals surface area contributed by atoms with Gasteiger partial charge in [-0.2, -0.15) is 0 Å². The van der Waals surface area contributed by atoms with Crippen molar-refractivity contribution in [1.29, 1.82) is 0 Å². The van der Waals surface area contributed by atoms with Crippen molar-refractivity contribution >= 4 is 11.7 Å². The third-order valence-electron chi connectivity index (χ3n) is 2.43. The van der Waals surface area contributed by atoms with E-state index in [0.717, 1.165) is 12.0 Å². The average Bonchev–Trinajstić information content (AvgIpc) is 2.30. The van der Waals surface area contributed by atoms with E-state index >= 15 is 0 Å². The van der Waals surface area contributed by atoms with Crippen molar-refractivity contribution in [2.24, 2.45) is 10.7 Å². The highest BCUT2D eigenvalue weighted by Gasteiger charge is 2.30. The van der Waals surface area contributed by atoms with Gasteiger partial charge in [0.25, 0.3) is 0 Å². The molecular weight excluding hydrogens is 204 g/mol. The highest BCUT2D eigenvalue weighted by molar-refractivity contribution is 6.19. The molecule has 0 bridgehead atoms. The minimum absolute atomic E-state index is 0.437. The van der Waals surface area contributed by atoms with E-state index in [1.807, 2.05) is 25.1 Å². The van der Waals surface area contributed by atoms with E-state index in [0.29, 0.717) is 18.0 Å². The van der Waals surface area contributed by atoms with Crippen molar-refractivity contribution in [3.8, 4) is 5.75 Å². The van der Waals surface area contributed by atoms with Crippen LogP contribution < -0.4 is 10.5 Å². The van der Waals surface area contributed by atoms with Crippen LogP contribution in [0.3, 0.4) is 0 Å². The molecule has 0 aliphatic carbocycles. The number of fused-ring (bicyclic) bond motifs is 1. The third kappa shape index (κ3) is 1.84. The van der Waals surface area contributed by atoms with Crippen LogP contribution in [0.5, 0.6) is 5.75 Å². The monoisotopic (exact) mass is 218 g/mol. The molecule has 0 aromatic heterocycles. The molecular formula is C12H14N2O2. The molecule has 2 rings (SSSR count). The standard InChI is InChI=1S/C12H14N2O2/c1-2-7-14-11-8-5-3-4-6-9(8)16-12(15)10(11)13/h3-6,10H,2,7,13H2,1H3. The predicted octanol–water partition coefficient (Wildman–Crippen LogP) is 1.13. The molecule has 0 fully saturated rings. The van der Waals surface area contributed by atoms with E-state index in [-0.39, 0.29) is 0 Å². The summed E-state index contributed by atoms with van der Waals surface area (Å²) in [6.45, 7) is 2.70. The van der Waals surface area contributed by atoms with Gasteiger partial charge in [-0.1, -0.05) is 19.1 Å². The Bertz CT molecular complexity index is 440. The Kier molecular flexibility index (Phi) is 3.01. The zero-order chi connectivity index (χ0) is 11.5. The van der Waals surface area contributed by atoms with Gasteiger partial charge in [-0.15, -0.1) is 0 Å². The van der Waals surface area contributed by atoms with Gasteiger partial charge in [0.1, 0.15) is 11.8 Å². The van der Waals surface area contributed by atoms with Crippen molar-refractivity contribution in [2.45, 2.75) is 19.4 Å². The second-order valence-electron chi connectivity index (χ2n) is 3.66. The first-order valence-electron chi connectivity index (χ1n) is 5.35. The fourth-order valence-electron chi connectivity index (χ4n) is 1.63. The maximum Gasteiger partial charge on any atom is 0.334 e. The zero-order valence-corrected chi connectivity index (χ0v) is 9.14. The average molecular weight is 218 g/mol. The molecule has 1 aliphatic heterocycles. The van der Waals surface area contributed by atoms with Crippen LogP contribution in [0.2, 0.25) is 0 Å². The summed E-state index contributed by atoms with van der Waals surface area (Å²) in [6.07, 6.45) is 0.924. The molecule has 0 saturated heterocycles. The number of nitrogens with two attached hydrogens (primary N) is 1. The molecule has 1 aromatic rings. The Labute approximate surface area is 94.1 Å². The minimum Gasteiger partial charge on any atom is -0.424 e. The van der Waals surface area contributed by atoms with Crippen LogP contribution in [0.25, 0.3) is 0 Å². The van der Waals surface area contributed by atoms with Crippen LogP contribution >= 0.6 is 0 Å². The summed E-state index contributed by atoms with van der Waals surface area (Å²) in [5.74, 6) is 0.109. The van der Waals surface area contributed by atoms with Crippen LogP contribution in [0, 0.1) is 0 Å². The van der Waals surface area contributed by atoms with Gasteiger partial charge in [0.15, 0.2) is 0 Å². The highest BCUT2D eigenvalue weighted by atomic mass is 16.5. The van der Waals surface area contributed by atoms with Crippen molar-refractivity contribution in [1.82, 2.24) is 0 Å². The lowest BCUT2D eigenvalue weighted by Crippen LogP contribution is -2.45. The van der Waals surface area contributed by atoms with Crippen LogP contribution in [0.4, 0.5) is 0 Å². The van der Waals surface area contributed by atoms with Crippen LogP contribution in [-0.2, 0) is 4.79 Å². The Balaban J connectivity index is 2.46. The number of carbonyl (C=O) groups excluding carboxylic acids is 1. The molecule has 4 heteroatoms. The Morgan fingerprint density at radius 3 is 2.94 bits per heavy atom. The highest BCUT2D eigenvalue weighted by Crippen LogP contribution is 2.24. The number of rotatable bonds is 2. The van der Waals surface area contributed by atoms with Crippen molar-refractivity contribution in [3.63, 3.8) is 0 Å². The molecule has 0 radical (unpaired) electrons. The Hall–Kier alpha value is -1.68.